The number of carbonyl (C=O) groups is 1. The molecule has 0 radical (unpaired) electrons. The van der Waals surface area contributed by atoms with Crippen LogP contribution in [-0.2, 0) is 11.3 Å². The second-order valence-electron chi connectivity index (χ2n) is 5.97. The van der Waals surface area contributed by atoms with Gasteiger partial charge in [0.05, 0.1) is 22.7 Å². The zero-order valence-electron chi connectivity index (χ0n) is 14.9. The Morgan fingerprint density at radius 1 is 1.21 bits per heavy atom. The van der Waals surface area contributed by atoms with Crippen LogP contribution in [0.2, 0.25) is 0 Å². The number of halogens is 1. The fourth-order valence-corrected chi connectivity index (χ4v) is 2.45. The molecule has 0 aliphatic heterocycles. The van der Waals surface area contributed by atoms with Gasteiger partial charge in [-0.3, -0.25) is 14.9 Å². The first kappa shape index (κ1) is 18.9. The largest absolute Gasteiger partial charge is 0.327 e. The standard InChI is InChI=1S/C19H16FN5O3/c1-13(14-4-8-17(9-5-14)25(27)28)22-23-19(26)11-24-10-18(21-12-24)15-2-6-16(20)7-3-15/h2-10,12H,11H2,1H3,(H,23,26). The highest BCUT2D eigenvalue weighted by molar-refractivity contribution is 5.99. The van der Waals surface area contributed by atoms with Crippen LogP contribution in [0.15, 0.2) is 66.2 Å². The Morgan fingerprint density at radius 3 is 2.54 bits per heavy atom. The molecule has 9 heteroatoms. The molecule has 142 valence electrons. The minimum atomic E-state index is -0.483. The van der Waals surface area contributed by atoms with Gasteiger partial charge in [-0.25, -0.2) is 14.8 Å². The summed E-state index contributed by atoms with van der Waals surface area (Å²) in [5.74, 6) is -0.687. The van der Waals surface area contributed by atoms with E-state index in [9.17, 15) is 19.3 Å². The van der Waals surface area contributed by atoms with Crippen LogP contribution in [0.3, 0.4) is 0 Å². The Kier molecular flexibility index (Phi) is 5.54. The van der Waals surface area contributed by atoms with Crippen molar-refractivity contribution in [3.05, 3.63) is 82.6 Å². The maximum atomic E-state index is 13.0. The highest BCUT2D eigenvalue weighted by Gasteiger charge is 2.08. The second-order valence-corrected chi connectivity index (χ2v) is 5.97. The van der Waals surface area contributed by atoms with Crippen LogP contribution in [0.25, 0.3) is 11.3 Å². The van der Waals surface area contributed by atoms with Crippen LogP contribution in [0.4, 0.5) is 10.1 Å². The van der Waals surface area contributed by atoms with Crippen LogP contribution in [0, 0.1) is 15.9 Å². The smallest absolute Gasteiger partial charge is 0.269 e. The van der Waals surface area contributed by atoms with Crippen molar-refractivity contribution < 1.29 is 14.1 Å². The third-order valence-electron chi connectivity index (χ3n) is 3.94. The van der Waals surface area contributed by atoms with E-state index in [0.29, 0.717) is 17.0 Å². The summed E-state index contributed by atoms with van der Waals surface area (Å²) in [6.07, 6.45) is 3.19. The summed E-state index contributed by atoms with van der Waals surface area (Å²) in [6.45, 7) is 1.69. The maximum Gasteiger partial charge on any atom is 0.269 e. The molecule has 0 saturated heterocycles. The Balaban J connectivity index is 1.60. The lowest BCUT2D eigenvalue weighted by Gasteiger charge is -2.03. The molecular formula is C19H16FN5O3. The first-order valence-corrected chi connectivity index (χ1v) is 8.28. The molecule has 0 unspecified atom stereocenters. The fraction of sp³-hybridized carbons (Fsp3) is 0.105. The van der Waals surface area contributed by atoms with Crippen molar-refractivity contribution in [2.45, 2.75) is 13.5 Å². The van der Waals surface area contributed by atoms with Crippen molar-refractivity contribution in [1.82, 2.24) is 15.0 Å². The van der Waals surface area contributed by atoms with E-state index in [2.05, 4.69) is 15.5 Å². The summed E-state index contributed by atoms with van der Waals surface area (Å²) >= 11 is 0. The second kappa shape index (κ2) is 8.21. The molecule has 0 fully saturated rings. The number of benzene rings is 2. The Bertz CT molecular complexity index is 1030. The Labute approximate surface area is 159 Å². The van der Waals surface area contributed by atoms with Crippen molar-refractivity contribution in [3.8, 4) is 11.3 Å². The molecule has 1 amide bonds. The first-order valence-electron chi connectivity index (χ1n) is 8.28. The monoisotopic (exact) mass is 381 g/mol. The lowest BCUT2D eigenvalue weighted by Crippen LogP contribution is -2.23. The number of rotatable bonds is 6. The zero-order valence-corrected chi connectivity index (χ0v) is 14.9. The average molecular weight is 381 g/mol. The van der Waals surface area contributed by atoms with Crippen LogP contribution in [-0.4, -0.2) is 26.1 Å². The third kappa shape index (κ3) is 4.64. The molecule has 8 nitrogen and oxygen atoms in total. The van der Waals surface area contributed by atoms with Crippen LogP contribution in [0.1, 0.15) is 12.5 Å². The number of amides is 1. The minimum Gasteiger partial charge on any atom is -0.327 e. The number of non-ortho nitro benzene ring substituents is 1. The van der Waals surface area contributed by atoms with Gasteiger partial charge >= 0.3 is 0 Å². The number of nitrogens with one attached hydrogen (secondary N) is 1. The Hall–Kier alpha value is -3.88. The van der Waals surface area contributed by atoms with Gasteiger partial charge in [0, 0.05) is 23.9 Å². The summed E-state index contributed by atoms with van der Waals surface area (Å²) in [5.41, 5.74) is 4.96. The molecule has 0 bridgehead atoms. The van der Waals surface area contributed by atoms with Gasteiger partial charge in [-0.1, -0.05) is 0 Å². The number of nitro benzene ring substituents is 1. The van der Waals surface area contributed by atoms with E-state index in [-0.39, 0.29) is 24.0 Å². The van der Waals surface area contributed by atoms with E-state index in [1.165, 1.54) is 30.6 Å². The number of aromatic nitrogens is 2. The lowest BCUT2D eigenvalue weighted by atomic mass is 10.1. The summed E-state index contributed by atoms with van der Waals surface area (Å²) < 4.78 is 14.6. The van der Waals surface area contributed by atoms with Crippen molar-refractivity contribution in [2.24, 2.45) is 5.10 Å². The molecule has 0 aliphatic rings. The van der Waals surface area contributed by atoms with Crippen molar-refractivity contribution in [2.75, 3.05) is 0 Å². The van der Waals surface area contributed by atoms with Gasteiger partial charge in [0.25, 0.3) is 11.6 Å². The molecule has 28 heavy (non-hydrogen) atoms. The predicted molar refractivity (Wildman–Crippen MR) is 101 cm³/mol. The first-order chi connectivity index (χ1) is 13.4. The fourth-order valence-electron chi connectivity index (χ4n) is 2.45. The van der Waals surface area contributed by atoms with Gasteiger partial charge in [-0.05, 0) is 48.9 Å². The molecule has 3 rings (SSSR count). The van der Waals surface area contributed by atoms with Crippen LogP contribution in [0.5, 0.6) is 0 Å². The molecule has 0 saturated carbocycles. The van der Waals surface area contributed by atoms with Gasteiger partial charge < -0.3 is 4.57 Å². The van der Waals surface area contributed by atoms with Gasteiger partial charge in [0.15, 0.2) is 0 Å². The van der Waals surface area contributed by atoms with Gasteiger partial charge in [0.2, 0.25) is 0 Å². The molecular weight excluding hydrogens is 365 g/mol. The third-order valence-corrected chi connectivity index (χ3v) is 3.94. The number of nitro groups is 1. The van der Waals surface area contributed by atoms with Gasteiger partial charge in [-0.2, -0.15) is 5.10 Å². The highest BCUT2D eigenvalue weighted by atomic mass is 19.1. The summed E-state index contributed by atoms with van der Waals surface area (Å²) in [6, 6.07) is 11.8. The number of hydrogen-bond acceptors (Lipinski definition) is 5. The number of carbonyl (C=O) groups excluding carboxylic acids is 1. The molecule has 1 N–H and O–H groups in total. The van der Waals surface area contributed by atoms with Crippen molar-refractivity contribution >= 4 is 17.3 Å². The quantitative estimate of drug-likeness (QED) is 0.402. The molecule has 0 atom stereocenters. The van der Waals surface area contributed by atoms with E-state index < -0.39 is 4.92 Å². The predicted octanol–water partition coefficient (Wildman–Crippen LogP) is 3.14. The maximum absolute atomic E-state index is 13.0. The molecule has 2 aromatic carbocycles. The van der Waals surface area contributed by atoms with Crippen molar-refractivity contribution in [1.29, 1.82) is 0 Å². The van der Waals surface area contributed by atoms with Crippen LogP contribution >= 0.6 is 0 Å². The van der Waals surface area contributed by atoms with E-state index in [4.69, 9.17) is 0 Å². The number of hydrazone groups is 1. The Morgan fingerprint density at radius 2 is 1.89 bits per heavy atom. The van der Waals surface area contributed by atoms with Crippen LogP contribution < -0.4 is 5.43 Å². The molecule has 0 aliphatic carbocycles. The van der Waals surface area contributed by atoms with E-state index in [0.717, 1.165) is 5.56 Å². The molecule has 1 aromatic heterocycles. The zero-order chi connectivity index (χ0) is 20.1. The van der Waals surface area contributed by atoms with Gasteiger partial charge in [-0.15, -0.1) is 0 Å². The highest BCUT2D eigenvalue weighted by Crippen LogP contribution is 2.17. The topological polar surface area (TPSA) is 102 Å². The van der Waals surface area contributed by atoms with E-state index in [1.54, 1.807) is 42.0 Å². The SMILES string of the molecule is CC(=NNC(=O)Cn1cnc(-c2ccc(F)cc2)c1)c1ccc([N+](=O)[O-])cc1. The number of imidazole rings is 1. The van der Waals surface area contributed by atoms with E-state index in [1.807, 2.05) is 0 Å². The molecule has 0 spiro atoms. The minimum absolute atomic E-state index is 0.00519. The molecule has 1 heterocycles. The average Bonchev–Trinajstić information content (AvgIpc) is 3.15. The molecule has 3 aromatic rings. The number of hydrogen-bond donors (Lipinski definition) is 1. The summed E-state index contributed by atoms with van der Waals surface area (Å²) in [4.78, 5) is 26.5. The summed E-state index contributed by atoms with van der Waals surface area (Å²) in [5, 5.41) is 14.7. The van der Waals surface area contributed by atoms with Crippen molar-refractivity contribution in [3.63, 3.8) is 0 Å². The summed E-state index contributed by atoms with van der Waals surface area (Å²) in [7, 11) is 0. The van der Waals surface area contributed by atoms with Gasteiger partial charge in [0.1, 0.15) is 12.4 Å². The lowest BCUT2D eigenvalue weighted by molar-refractivity contribution is -0.384. The number of nitrogens with zero attached hydrogens (tertiary/aromatic N) is 4. The normalized spacial score (nSPS) is 11.3. The van der Waals surface area contributed by atoms with E-state index >= 15 is 0 Å².